The molecule has 8 heteroatoms. The van der Waals surface area contributed by atoms with Gasteiger partial charge in [-0.2, -0.15) is 0 Å². The number of rotatable bonds is 5. The number of urea groups is 1. The molecule has 156 valence electrons. The summed E-state index contributed by atoms with van der Waals surface area (Å²) < 4.78 is 5.84. The van der Waals surface area contributed by atoms with Crippen LogP contribution < -0.4 is 5.32 Å². The van der Waals surface area contributed by atoms with Gasteiger partial charge in [-0.1, -0.05) is 41.9 Å². The zero-order chi connectivity index (χ0) is 21.0. The highest BCUT2D eigenvalue weighted by Crippen LogP contribution is 2.33. The van der Waals surface area contributed by atoms with Crippen LogP contribution in [0.5, 0.6) is 0 Å². The molecule has 2 amide bonds. The van der Waals surface area contributed by atoms with Gasteiger partial charge in [0.25, 0.3) is 0 Å². The number of nitrogens with one attached hydrogen (secondary N) is 1. The van der Waals surface area contributed by atoms with Crippen molar-refractivity contribution in [3.63, 3.8) is 0 Å². The maximum atomic E-state index is 12.6. The molecular formula is C21H26BrN3O3S. The van der Waals surface area contributed by atoms with E-state index in [1.807, 2.05) is 26.0 Å². The molecule has 0 bridgehead atoms. The third kappa shape index (κ3) is 5.36. The lowest BCUT2D eigenvalue weighted by Gasteiger charge is -2.32. The van der Waals surface area contributed by atoms with E-state index >= 15 is 0 Å². The van der Waals surface area contributed by atoms with Crippen molar-refractivity contribution < 1.29 is 14.3 Å². The van der Waals surface area contributed by atoms with Crippen LogP contribution in [0.3, 0.4) is 0 Å². The van der Waals surface area contributed by atoms with Crippen LogP contribution in [0.15, 0.2) is 34.1 Å². The Labute approximate surface area is 183 Å². The molecule has 1 aromatic heterocycles. The van der Waals surface area contributed by atoms with Crippen LogP contribution in [0.4, 0.5) is 4.79 Å². The fourth-order valence-corrected chi connectivity index (χ4v) is 4.83. The number of thiazole rings is 1. The number of likely N-dealkylation sites (tertiary alicyclic amines) is 1. The van der Waals surface area contributed by atoms with E-state index in [0.29, 0.717) is 19.0 Å². The van der Waals surface area contributed by atoms with Crippen molar-refractivity contribution in [2.24, 2.45) is 5.92 Å². The van der Waals surface area contributed by atoms with Crippen molar-refractivity contribution >= 4 is 39.3 Å². The van der Waals surface area contributed by atoms with Gasteiger partial charge in [0.15, 0.2) is 0 Å². The SMILES string of the molecule is COC(=O)C(NC(=O)N1CCC(c2nc(-c3cccc(Br)c3)cs2)CC1)C(C)C. The van der Waals surface area contributed by atoms with Crippen molar-refractivity contribution in [1.82, 2.24) is 15.2 Å². The fourth-order valence-electron chi connectivity index (χ4n) is 3.43. The molecule has 1 aromatic carbocycles. The highest BCUT2D eigenvalue weighted by molar-refractivity contribution is 9.10. The summed E-state index contributed by atoms with van der Waals surface area (Å²) in [6.45, 7) is 5.07. The lowest BCUT2D eigenvalue weighted by molar-refractivity contribution is -0.144. The summed E-state index contributed by atoms with van der Waals surface area (Å²) >= 11 is 5.19. The molecule has 0 aliphatic carbocycles. The normalized spacial score (nSPS) is 16.0. The summed E-state index contributed by atoms with van der Waals surface area (Å²) in [6, 6.07) is 7.30. The molecule has 1 N–H and O–H groups in total. The molecule has 2 heterocycles. The van der Waals surface area contributed by atoms with E-state index in [9.17, 15) is 9.59 Å². The standard InChI is InChI=1S/C21H26BrN3O3S/c1-13(2)18(20(26)28-3)24-21(27)25-9-7-14(8-10-25)19-23-17(12-29-19)15-5-4-6-16(22)11-15/h4-6,11-14,18H,7-10H2,1-3H3,(H,24,27). The lowest BCUT2D eigenvalue weighted by atomic mass is 9.97. The van der Waals surface area contributed by atoms with Crippen molar-refractivity contribution in [2.75, 3.05) is 20.2 Å². The van der Waals surface area contributed by atoms with Gasteiger partial charge in [-0.25, -0.2) is 14.6 Å². The smallest absolute Gasteiger partial charge is 0.328 e. The van der Waals surface area contributed by atoms with E-state index in [1.54, 1.807) is 16.2 Å². The molecular weight excluding hydrogens is 454 g/mol. The second kappa shape index (κ2) is 9.71. The Morgan fingerprint density at radius 1 is 1.31 bits per heavy atom. The highest BCUT2D eigenvalue weighted by atomic mass is 79.9. The number of hydrogen-bond donors (Lipinski definition) is 1. The Morgan fingerprint density at radius 2 is 2.03 bits per heavy atom. The average molecular weight is 480 g/mol. The first-order chi connectivity index (χ1) is 13.9. The number of hydrogen-bond acceptors (Lipinski definition) is 5. The van der Waals surface area contributed by atoms with Crippen LogP contribution >= 0.6 is 27.3 Å². The van der Waals surface area contributed by atoms with E-state index in [4.69, 9.17) is 9.72 Å². The summed E-state index contributed by atoms with van der Waals surface area (Å²) in [4.78, 5) is 31.1. The highest BCUT2D eigenvalue weighted by Gasteiger charge is 2.30. The molecule has 0 spiro atoms. The van der Waals surface area contributed by atoms with E-state index in [0.717, 1.165) is 33.6 Å². The van der Waals surface area contributed by atoms with Gasteiger partial charge in [-0.15, -0.1) is 11.3 Å². The van der Waals surface area contributed by atoms with E-state index in [1.165, 1.54) is 7.11 Å². The van der Waals surface area contributed by atoms with Gasteiger partial charge in [-0.05, 0) is 30.9 Å². The number of halogens is 1. The number of benzene rings is 1. The average Bonchev–Trinajstić information content (AvgIpc) is 3.21. The number of piperidine rings is 1. The molecule has 1 fully saturated rings. The van der Waals surface area contributed by atoms with E-state index in [2.05, 4.69) is 38.8 Å². The van der Waals surface area contributed by atoms with Crippen molar-refractivity contribution in [2.45, 2.75) is 38.6 Å². The van der Waals surface area contributed by atoms with Crippen molar-refractivity contribution in [3.05, 3.63) is 39.1 Å². The third-order valence-corrected chi connectivity index (χ3v) is 6.67. The van der Waals surface area contributed by atoms with Crippen LogP contribution in [0.2, 0.25) is 0 Å². The first-order valence-electron chi connectivity index (χ1n) is 9.73. The Balaban J connectivity index is 1.58. The Bertz CT molecular complexity index is 862. The lowest BCUT2D eigenvalue weighted by Crippen LogP contribution is -2.52. The monoisotopic (exact) mass is 479 g/mol. The molecule has 1 atom stereocenters. The second-order valence-electron chi connectivity index (χ2n) is 7.54. The number of aromatic nitrogens is 1. The minimum atomic E-state index is -0.628. The number of ether oxygens (including phenoxy) is 1. The zero-order valence-electron chi connectivity index (χ0n) is 16.9. The molecule has 0 saturated carbocycles. The summed E-state index contributed by atoms with van der Waals surface area (Å²) in [5, 5.41) is 6.03. The summed E-state index contributed by atoms with van der Waals surface area (Å²) in [5.74, 6) is -0.0896. The van der Waals surface area contributed by atoms with Gasteiger partial charge in [-0.3, -0.25) is 0 Å². The summed E-state index contributed by atoms with van der Waals surface area (Å²) in [6.07, 6.45) is 1.73. The van der Waals surface area contributed by atoms with Gasteiger partial charge in [0.1, 0.15) is 6.04 Å². The van der Waals surface area contributed by atoms with Gasteiger partial charge in [0, 0.05) is 34.4 Å². The Morgan fingerprint density at radius 3 is 2.66 bits per heavy atom. The molecule has 0 radical (unpaired) electrons. The topological polar surface area (TPSA) is 71.5 Å². The number of carbonyl (C=O) groups is 2. The van der Waals surface area contributed by atoms with Crippen LogP contribution in [-0.4, -0.2) is 48.1 Å². The predicted octanol–water partition coefficient (Wildman–Crippen LogP) is 4.66. The number of methoxy groups -OCH3 is 1. The quantitative estimate of drug-likeness (QED) is 0.632. The molecule has 29 heavy (non-hydrogen) atoms. The number of amides is 2. The molecule has 3 rings (SSSR count). The molecule has 1 aliphatic heterocycles. The number of esters is 1. The fraction of sp³-hybridized carbons (Fsp3) is 0.476. The molecule has 2 aromatic rings. The van der Waals surface area contributed by atoms with E-state index < -0.39 is 12.0 Å². The Hall–Kier alpha value is -1.93. The largest absolute Gasteiger partial charge is 0.467 e. The maximum Gasteiger partial charge on any atom is 0.328 e. The molecule has 1 saturated heterocycles. The van der Waals surface area contributed by atoms with Crippen LogP contribution in [0.1, 0.15) is 37.6 Å². The van der Waals surface area contributed by atoms with E-state index in [-0.39, 0.29) is 11.9 Å². The first-order valence-corrected chi connectivity index (χ1v) is 11.4. The molecule has 1 aliphatic rings. The zero-order valence-corrected chi connectivity index (χ0v) is 19.3. The van der Waals surface area contributed by atoms with Crippen LogP contribution in [0.25, 0.3) is 11.3 Å². The van der Waals surface area contributed by atoms with Gasteiger partial charge >= 0.3 is 12.0 Å². The minimum Gasteiger partial charge on any atom is -0.467 e. The summed E-state index contributed by atoms with van der Waals surface area (Å²) in [5.41, 5.74) is 2.09. The van der Waals surface area contributed by atoms with Gasteiger partial charge in [0.2, 0.25) is 0 Å². The molecule has 6 nitrogen and oxygen atoms in total. The minimum absolute atomic E-state index is 0.0318. The summed E-state index contributed by atoms with van der Waals surface area (Å²) in [7, 11) is 1.34. The van der Waals surface area contributed by atoms with Gasteiger partial charge in [0.05, 0.1) is 17.8 Å². The Kier molecular flexibility index (Phi) is 7.29. The van der Waals surface area contributed by atoms with Crippen LogP contribution in [-0.2, 0) is 9.53 Å². The first kappa shape index (κ1) is 21.8. The predicted molar refractivity (Wildman–Crippen MR) is 118 cm³/mol. The van der Waals surface area contributed by atoms with Crippen LogP contribution in [0, 0.1) is 5.92 Å². The van der Waals surface area contributed by atoms with Crippen molar-refractivity contribution in [3.8, 4) is 11.3 Å². The maximum absolute atomic E-state index is 12.6. The number of carbonyl (C=O) groups excluding carboxylic acids is 2. The number of nitrogens with zero attached hydrogens (tertiary/aromatic N) is 2. The second-order valence-corrected chi connectivity index (χ2v) is 9.34. The van der Waals surface area contributed by atoms with Gasteiger partial charge < -0.3 is 15.0 Å². The molecule has 1 unspecified atom stereocenters. The van der Waals surface area contributed by atoms with Crippen molar-refractivity contribution in [1.29, 1.82) is 0 Å². The third-order valence-electron chi connectivity index (χ3n) is 5.17.